The van der Waals surface area contributed by atoms with Gasteiger partial charge in [0.25, 0.3) is 5.56 Å². The summed E-state index contributed by atoms with van der Waals surface area (Å²) in [6, 6.07) is 5.23. The number of phenols is 1. The van der Waals surface area contributed by atoms with E-state index in [-0.39, 0.29) is 16.7 Å². The number of rotatable bonds is 4. The Morgan fingerprint density at radius 2 is 1.81 bits per heavy atom. The average Bonchev–Trinajstić information content (AvgIpc) is 3.21. The van der Waals surface area contributed by atoms with E-state index in [2.05, 4.69) is 10.1 Å². The van der Waals surface area contributed by atoms with Gasteiger partial charge in [0, 0.05) is 34.6 Å². The molecule has 1 N–H and O–H groups in total. The fourth-order valence-electron chi connectivity index (χ4n) is 5.01. The van der Waals surface area contributed by atoms with Gasteiger partial charge in [0.1, 0.15) is 22.9 Å². The number of aryl methyl sites for hydroxylation is 3. The molecule has 0 spiro atoms. The lowest BCUT2D eigenvalue weighted by molar-refractivity contribution is 0.355. The largest absolute Gasteiger partial charge is 0.507 e. The Morgan fingerprint density at radius 3 is 2.50 bits per heavy atom. The topological polar surface area (TPSA) is 99.1 Å². The first-order valence-electron chi connectivity index (χ1n) is 12.1. The van der Waals surface area contributed by atoms with Crippen LogP contribution in [0.5, 0.6) is 17.2 Å². The molecule has 0 atom stereocenters. The Bertz CT molecular complexity index is 1590. The Morgan fingerprint density at radius 1 is 1.11 bits per heavy atom. The monoisotopic (exact) mass is 489 g/mol. The molecule has 2 aromatic carbocycles. The summed E-state index contributed by atoms with van der Waals surface area (Å²) in [7, 11) is 3.05. The average molecular weight is 490 g/mol. The van der Waals surface area contributed by atoms with Crippen molar-refractivity contribution in [2.24, 2.45) is 5.10 Å². The Kier molecular flexibility index (Phi) is 5.77. The SMILES string of the molecule is COc1cc2nc(C)n(N=Cc3c(O)c(C(C)(C)C)cc4oc5c(c34)CCCC5)c(=O)c2cc1OC. The van der Waals surface area contributed by atoms with Crippen LogP contribution in [-0.2, 0) is 18.3 Å². The van der Waals surface area contributed by atoms with E-state index in [1.54, 1.807) is 25.3 Å². The molecule has 5 rings (SSSR count). The third-order valence-corrected chi connectivity index (χ3v) is 6.88. The van der Waals surface area contributed by atoms with Crippen molar-refractivity contribution in [3.63, 3.8) is 0 Å². The summed E-state index contributed by atoms with van der Waals surface area (Å²) in [4.78, 5) is 18.0. The van der Waals surface area contributed by atoms with Crippen molar-refractivity contribution in [3.05, 3.63) is 56.8 Å². The van der Waals surface area contributed by atoms with Gasteiger partial charge in [-0.2, -0.15) is 9.78 Å². The van der Waals surface area contributed by atoms with Crippen LogP contribution >= 0.6 is 0 Å². The maximum Gasteiger partial charge on any atom is 0.282 e. The number of benzene rings is 2. The van der Waals surface area contributed by atoms with E-state index < -0.39 is 0 Å². The van der Waals surface area contributed by atoms with Crippen LogP contribution in [0.3, 0.4) is 0 Å². The van der Waals surface area contributed by atoms with E-state index in [9.17, 15) is 9.90 Å². The number of nitrogens with zero attached hydrogens (tertiary/aromatic N) is 3. The van der Waals surface area contributed by atoms with Gasteiger partial charge >= 0.3 is 0 Å². The molecule has 1 aliphatic rings. The van der Waals surface area contributed by atoms with Crippen LogP contribution in [0.1, 0.15) is 61.9 Å². The maximum absolute atomic E-state index is 13.4. The molecule has 1 aliphatic carbocycles. The van der Waals surface area contributed by atoms with Crippen LogP contribution in [0, 0.1) is 6.92 Å². The van der Waals surface area contributed by atoms with E-state index in [4.69, 9.17) is 13.9 Å². The highest BCUT2D eigenvalue weighted by atomic mass is 16.5. The Hall–Kier alpha value is -3.81. The molecule has 188 valence electrons. The first-order chi connectivity index (χ1) is 17.1. The molecule has 2 heterocycles. The molecular formula is C28H31N3O5. The van der Waals surface area contributed by atoms with E-state index in [1.165, 1.54) is 18.9 Å². The van der Waals surface area contributed by atoms with Crippen molar-refractivity contribution in [2.45, 2.75) is 58.8 Å². The van der Waals surface area contributed by atoms with Crippen molar-refractivity contribution >= 4 is 28.1 Å². The van der Waals surface area contributed by atoms with Gasteiger partial charge in [-0.15, -0.1) is 0 Å². The molecule has 0 aliphatic heterocycles. The summed E-state index contributed by atoms with van der Waals surface area (Å²) in [5.41, 5.74) is 3.01. The van der Waals surface area contributed by atoms with Gasteiger partial charge in [-0.1, -0.05) is 20.8 Å². The van der Waals surface area contributed by atoms with Gasteiger partial charge in [-0.3, -0.25) is 4.79 Å². The molecule has 36 heavy (non-hydrogen) atoms. The van der Waals surface area contributed by atoms with E-state index >= 15 is 0 Å². The number of methoxy groups -OCH3 is 2. The first kappa shape index (κ1) is 23.9. The molecule has 0 fully saturated rings. The molecule has 0 unspecified atom stereocenters. The fraction of sp³-hybridized carbons (Fsp3) is 0.393. The molecule has 4 aromatic rings. The van der Waals surface area contributed by atoms with Crippen LogP contribution in [0.25, 0.3) is 21.9 Å². The summed E-state index contributed by atoms with van der Waals surface area (Å²) in [5, 5.41) is 17.1. The van der Waals surface area contributed by atoms with E-state index in [0.717, 1.165) is 53.5 Å². The zero-order valence-corrected chi connectivity index (χ0v) is 21.6. The van der Waals surface area contributed by atoms with E-state index in [0.29, 0.717) is 33.8 Å². The van der Waals surface area contributed by atoms with Gasteiger partial charge < -0.3 is 19.0 Å². The lowest BCUT2D eigenvalue weighted by Crippen LogP contribution is -2.21. The van der Waals surface area contributed by atoms with Crippen LogP contribution < -0.4 is 15.0 Å². The first-order valence-corrected chi connectivity index (χ1v) is 12.1. The third-order valence-electron chi connectivity index (χ3n) is 6.88. The van der Waals surface area contributed by atoms with Gasteiger partial charge in [0.05, 0.1) is 31.3 Å². The van der Waals surface area contributed by atoms with Crippen molar-refractivity contribution in [3.8, 4) is 17.2 Å². The number of ether oxygens (including phenoxy) is 2. The highest BCUT2D eigenvalue weighted by Crippen LogP contribution is 2.42. The normalized spacial score (nSPS) is 14.1. The predicted octanol–water partition coefficient (Wildman–Crippen LogP) is 5.23. The zero-order chi connectivity index (χ0) is 25.8. The van der Waals surface area contributed by atoms with Crippen molar-refractivity contribution in [2.75, 3.05) is 14.2 Å². The minimum Gasteiger partial charge on any atom is -0.507 e. The lowest BCUT2D eigenvalue weighted by atomic mass is 9.83. The fourth-order valence-corrected chi connectivity index (χ4v) is 5.01. The third kappa shape index (κ3) is 3.81. The lowest BCUT2D eigenvalue weighted by Gasteiger charge is -2.22. The number of phenolic OH excluding ortho intramolecular Hbond substituents is 1. The summed E-state index contributed by atoms with van der Waals surface area (Å²) in [5.74, 6) is 2.46. The molecule has 0 bridgehead atoms. The number of fused-ring (bicyclic) bond motifs is 4. The van der Waals surface area contributed by atoms with Gasteiger partial charge in [-0.25, -0.2) is 4.98 Å². The summed E-state index contributed by atoms with van der Waals surface area (Å²) in [6.07, 6.45) is 5.47. The van der Waals surface area contributed by atoms with Crippen molar-refractivity contribution in [1.29, 1.82) is 0 Å². The molecule has 8 heteroatoms. The number of hydrogen-bond acceptors (Lipinski definition) is 7. The maximum atomic E-state index is 13.4. The molecule has 8 nitrogen and oxygen atoms in total. The van der Waals surface area contributed by atoms with Crippen LogP contribution in [0.4, 0.5) is 0 Å². The number of furan rings is 1. The minimum atomic E-state index is -0.341. The second-order valence-corrected chi connectivity index (χ2v) is 10.3. The highest BCUT2D eigenvalue weighted by molar-refractivity contribution is 6.04. The van der Waals surface area contributed by atoms with Crippen LogP contribution in [0.2, 0.25) is 0 Å². The smallest absolute Gasteiger partial charge is 0.282 e. The Labute approximate surface area is 209 Å². The van der Waals surface area contributed by atoms with Gasteiger partial charge in [0.2, 0.25) is 0 Å². The standard InChI is InChI=1S/C28H31N3O5/c1-15-30-20-13-23(35-6)22(34-5)11-17(20)27(33)31(15)29-14-18-25-16-9-7-8-10-21(16)36-24(25)12-19(26(18)32)28(2,3)4/h11-14,32H,7-10H2,1-6H3. The van der Waals surface area contributed by atoms with Crippen LogP contribution in [-0.4, -0.2) is 35.2 Å². The quantitative estimate of drug-likeness (QED) is 0.394. The summed E-state index contributed by atoms with van der Waals surface area (Å²) >= 11 is 0. The minimum absolute atomic E-state index is 0.152. The van der Waals surface area contributed by atoms with E-state index in [1.807, 2.05) is 26.8 Å². The zero-order valence-electron chi connectivity index (χ0n) is 21.6. The molecule has 0 radical (unpaired) electrons. The number of hydrogen-bond donors (Lipinski definition) is 1. The van der Waals surface area contributed by atoms with Crippen molar-refractivity contribution in [1.82, 2.24) is 9.66 Å². The van der Waals surface area contributed by atoms with Gasteiger partial charge in [0.15, 0.2) is 11.5 Å². The molecule has 2 aromatic heterocycles. The molecule has 0 saturated carbocycles. The molecular weight excluding hydrogens is 458 g/mol. The highest BCUT2D eigenvalue weighted by Gasteiger charge is 2.27. The summed E-state index contributed by atoms with van der Waals surface area (Å²) in [6.45, 7) is 7.85. The molecule has 0 amide bonds. The second-order valence-electron chi connectivity index (χ2n) is 10.3. The Balaban J connectivity index is 1.74. The summed E-state index contributed by atoms with van der Waals surface area (Å²) < 4.78 is 18.2. The van der Waals surface area contributed by atoms with Crippen LogP contribution in [0.15, 0.2) is 32.5 Å². The number of aromatic hydroxyl groups is 1. The second kappa shape index (κ2) is 8.69. The number of aromatic nitrogens is 2. The van der Waals surface area contributed by atoms with Gasteiger partial charge in [-0.05, 0) is 43.7 Å². The molecule has 0 saturated heterocycles. The predicted molar refractivity (Wildman–Crippen MR) is 140 cm³/mol. The van der Waals surface area contributed by atoms with Crippen molar-refractivity contribution < 1.29 is 19.0 Å².